The third-order valence-corrected chi connectivity index (χ3v) is 12.9. The lowest BCUT2D eigenvalue weighted by Gasteiger charge is -2.71. The Bertz CT molecular complexity index is 813. The third-order valence-electron chi connectivity index (χ3n) is 12.9. The van der Waals surface area contributed by atoms with Gasteiger partial charge in [0.25, 0.3) is 0 Å². The molecule has 0 radical (unpaired) electrons. The predicted molar refractivity (Wildman–Crippen MR) is 129 cm³/mol. The first-order chi connectivity index (χ1) is 14.7. The van der Waals surface area contributed by atoms with E-state index in [1.54, 1.807) is 5.57 Å². The van der Waals surface area contributed by atoms with Crippen LogP contribution in [0.4, 0.5) is 0 Å². The van der Waals surface area contributed by atoms with Crippen LogP contribution in [0, 0.1) is 51.2 Å². The van der Waals surface area contributed by atoms with E-state index in [2.05, 4.69) is 54.5 Å². The average Bonchev–Trinajstić information content (AvgIpc) is 2.69. The highest BCUT2D eigenvalue weighted by Gasteiger charge is 2.68. The molecule has 0 aromatic heterocycles. The lowest BCUT2D eigenvalue weighted by atomic mass is 9.34. The summed E-state index contributed by atoms with van der Waals surface area (Å²) < 4.78 is 0. The fourth-order valence-electron chi connectivity index (χ4n) is 10.6. The van der Waals surface area contributed by atoms with E-state index >= 15 is 0 Å². The molecule has 4 saturated carbocycles. The van der Waals surface area contributed by atoms with E-state index in [-0.39, 0.29) is 21.7 Å². The molecule has 0 heterocycles. The van der Waals surface area contributed by atoms with E-state index in [1.165, 1.54) is 25.7 Å². The minimum atomic E-state index is -0.637. The quantitative estimate of drug-likeness (QED) is 0.419. The zero-order chi connectivity index (χ0) is 23.5. The molecule has 11 atom stereocenters. The van der Waals surface area contributed by atoms with Gasteiger partial charge < -0.3 is 15.3 Å². The molecule has 0 bridgehead atoms. The number of allylic oxidation sites excluding steroid dienone is 1. The second kappa shape index (κ2) is 6.85. The Morgan fingerprint density at radius 3 is 2.25 bits per heavy atom. The van der Waals surface area contributed by atoms with Crippen LogP contribution in [0.5, 0.6) is 0 Å². The summed E-state index contributed by atoms with van der Waals surface area (Å²) in [5.74, 6) is 2.20. The highest BCUT2D eigenvalue weighted by Crippen LogP contribution is 2.74. The van der Waals surface area contributed by atoms with Crippen molar-refractivity contribution >= 4 is 0 Å². The molecule has 0 aliphatic heterocycles. The Labute approximate surface area is 196 Å². The Hall–Kier alpha value is -0.380. The SMILES string of the molecule is C[C@@H]1CC[C@@H]2CC[C@]3(C)C(=CC[C@@H]4[C@@]5(C)C[C@@H](O)[C@H](O)C(C)(C)C5CC[C@]43C)[C@@H]2[C@]1(C)O. The summed E-state index contributed by atoms with van der Waals surface area (Å²) >= 11 is 0. The van der Waals surface area contributed by atoms with E-state index < -0.39 is 17.8 Å². The Balaban J connectivity index is 1.60. The lowest BCUT2D eigenvalue weighted by molar-refractivity contribution is -0.232. The molecule has 0 amide bonds. The molecular weight excluding hydrogens is 396 g/mol. The van der Waals surface area contributed by atoms with Crippen LogP contribution in [0.2, 0.25) is 0 Å². The molecule has 5 aliphatic rings. The molecule has 3 nitrogen and oxygen atoms in total. The van der Waals surface area contributed by atoms with Gasteiger partial charge in [0, 0.05) is 5.92 Å². The number of rotatable bonds is 0. The molecule has 182 valence electrons. The Morgan fingerprint density at radius 2 is 1.56 bits per heavy atom. The predicted octanol–water partition coefficient (Wildman–Crippen LogP) is 5.72. The maximum absolute atomic E-state index is 11.7. The van der Waals surface area contributed by atoms with E-state index in [1.807, 2.05) is 0 Å². The molecule has 0 saturated heterocycles. The van der Waals surface area contributed by atoms with Crippen LogP contribution in [0.25, 0.3) is 0 Å². The molecule has 5 rings (SSSR count). The lowest BCUT2D eigenvalue weighted by Crippen LogP contribution is -2.67. The van der Waals surface area contributed by atoms with Crippen LogP contribution >= 0.6 is 0 Å². The summed E-state index contributed by atoms with van der Waals surface area (Å²) in [7, 11) is 0. The summed E-state index contributed by atoms with van der Waals surface area (Å²) in [6.45, 7) is 16.3. The fraction of sp³-hybridized carbons (Fsp3) is 0.931. The topological polar surface area (TPSA) is 60.7 Å². The van der Waals surface area contributed by atoms with E-state index in [4.69, 9.17) is 0 Å². The Kier molecular flexibility index (Phi) is 5.00. The number of fused-ring (bicyclic) bond motifs is 7. The zero-order valence-electron chi connectivity index (χ0n) is 21.6. The largest absolute Gasteiger partial charge is 0.390 e. The van der Waals surface area contributed by atoms with Crippen molar-refractivity contribution in [3.8, 4) is 0 Å². The van der Waals surface area contributed by atoms with Gasteiger partial charge in [0.2, 0.25) is 0 Å². The molecule has 3 heteroatoms. The number of hydrogen-bond donors (Lipinski definition) is 3. The first-order valence-corrected chi connectivity index (χ1v) is 13.5. The number of aliphatic hydroxyl groups is 3. The molecule has 5 aliphatic carbocycles. The summed E-state index contributed by atoms with van der Waals surface area (Å²) in [6.07, 6.45) is 10.2. The standard InChI is InChI=1S/C29H48O3/c1-17-8-9-18-12-14-27(5)19(23(18)29(17,7)32)10-11-22-26(4)16-20(30)24(31)25(2,3)21(26)13-15-28(22,27)6/h10,17-18,20-24,30-32H,8-9,11-16H2,1-7H3/t17-,18-,20-,21?,22-,23-,24+,26+,27-,28-,29-/m1/s1. The van der Waals surface area contributed by atoms with Gasteiger partial charge in [0.1, 0.15) is 0 Å². The minimum absolute atomic E-state index is 0.0272. The summed E-state index contributed by atoms with van der Waals surface area (Å²) in [4.78, 5) is 0. The van der Waals surface area contributed by atoms with E-state index in [9.17, 15) is 15.3 Å². The van der Waals surface area contributed by atoms with Crippen molar-refractivity contribution in [2.45, 2.75) is 118 Å². The molecule has 1 unspecified atom stereocenters. The smallest absolute Gasteiger partial charge is 0.0852 e. The number of hydrogen-bond acceptors (Lipinski definition) is 3. The number of aliphatic hydroxyl groups excluding tert-OH is 2. The van der Waals surface area contributed by atoms with Gasteiger partial charge in [0.15, 0.2) is 0 Å². The summed E-state index contributed by atoms with van der Waals surface area (Å²) in [5.41, 5.74) is 0.993. The van der Waals surface area contributed by atoms with Gasteiger partial charge in [-0.3, -0.25) is 0 Å². The van der Waals surface area contributed by atoms with Crippen molar-refractivity contribution in [3.05, 3.63) is 11.6 Å². The van der Waals surface area contributed by atoms with Crippen LogP contribution in [0.3, 0.4) is 0 Å². The molecule has 3 N–H and O–H groups in total. The van der Waals surface area contributed by atoms with Crippen LogP contribution in [-0.4, -0.2) is 33.1 Å². The highest BCUT2D eigenvalue weighted by atomic mass is 16.3. The first kappa shape index (κ1) is 23.4. The molecule has 0 spiro atoms. The molecule has 4 fully saturated rings. The molecule has 0 aromatic carbocycles. The van der Waals surface area contributed by atoms with Crippen molar-refractivity contribution < 1.29 is 15.3 Å². The normalized spacial score (nSPS) is 59.2. The van der Waals surface area contributed by atoms with Crippen LogP contribution in [0.1, 0.15) is 99.8 Å². The van der Waals surface area contributed by atoms with Crippen molar-refractivity contribution in [3.63, 3.8) is 0 Å². The molecule has 0 aromatic rings. The van der Waals surface area contributed by atoms with Gasteiger partial charge in [-0.1, -0.05) is 53.2 Å². The van der Waals surface area contributed by atoms with E-state index in [0.29, 0.717) is 36.0 Å². The van der Waals surface area contributed by atoms with Gasteiger partial charge in [-0.15, -0.1) is 0 Å². The van der Waals surface area contributed by atoms with E-state index in [0.717, 1.165) is 19.3 Å². The third kappa shape index (κ3) is 2.65. The van der Waals surface area contributed by atoms with Crippen LogP contribution in [-0.2, 0) is 0 Å². The second-order valence-corrected chi connectivity index (χ2v) is 14.3. The summed E-state index contributed by atoms with van der Waals surface area (Å²) in [5, 5.41) is 33.6. The first-order valence-electron chi connectivity index (χ1n) is 13.5. The van der Waals surface area contributed by atoms with Gasteiger partial charge in [0.05, 0.1) is 17.8 Å². The second-order valence-electron chi connectivity index (χ2n) is 14.3. The monoisotopic (exact) mass is 444 g/mol. The maximum Gasteiger partial charge on any atom is 0.0852 e. The van der Waals surface area contributed by atoms with Crippen molar-refractivity contribution in [2.24, 2.45) is 51.2 Å². The van der Waals surface area contributed by atoms with Gasteiger partial charge in [-0.05, 0) is 104 Å². The molecular formula is C29H48O3. The van der Waals surface area contributed by atoms with Gasteiger partial charge in [-0.25, -0.2) is 0 Å². The van der Waals surface area contributed by atoms with Gasteiger partial charge >= 0.3 is 0 Å². The maximum atomic E-state index is 11.7. The fourth-order valence-corrected chi connectivity index (χ4v) is 10.6. The zero-order valence-corrected chi connectivity index (χ0v) is 21.6. The Morgan fingerprint density at radius 1 is 0.875 bits per heavy atom. The summed E-state index contributed by atoms with van der Waals surface area (Å²) in [6, 6.07) is 0. The van der Waals surface area contributed by atoms with Crippen molar-refractivity contribution in [2.75, 3.05) is 0 Å². The van der Waals surface area contributed by atoms with Crippen LogP contribution in [0.15, 0.2) is 11.6 Å². The van der Waals surface area contributed by atoms with Gasteiger partial charge in [-0.2, -0.15) is 0 Å². The molecule has 32 heavy (non-hydrogen) atoms. The average molecular weight is 445 g/mol. The minimum Gasteiger partial charge on any atom is -0.390 e. The van der Waals surface area contributed by atoms with Crippen LogP contribution < -0.4 is 0 Å². The van der Waals surface area contributed by atoms with Crippen molar-refractivity contribution in [1.82, 2.24) is 0 Å². The highest BCUT2D eigenvalue weighted by molar-refractivity contribution is 5.34. The van der Waals surface area contributed by atoms with Crippen molar-refractivity contribution in [1.29, 1.82) is 0 Å².